The first-order chi connectivity index (χ1) is 12.0. The summed E-state index contributed by atoms with van der Waals surface area (Å²) in [4.78, 5) is 44.1. The maximum absolute atomic E-state index is 12.7. The lowest BCUT2D eigenvalue weighted by atomic mass is 10.1. The molecule has 134 valence electrons. The Bertz CT molecular complexity index is 829. The molecule has 1 saturated heterocycles. The molecular weight excluding hydrogens is 324 g/mol. The van der Waals surface area contributed by atoms with Gasteiger partial charge in [-0.3, -0.25) is 9.78 Å². The Labute approximate surface area is 145 Å². The second kappa shape index (κ2) is 7.00. The highest BCUT2D eigenvalue weighted by atomic mass is 16.4. The van der Waals surface area contributed by atoms with Gasteiger partial charge in [0.15, 0.2) is 5.58 Å². The van der Waals surface area contributed by atoms with E-state index >= 15 is 0 Å². The molecule has 0 spiro atoms. The number of hydrogen-bond acceptors (Lipinski definition) is 4. The SMILES string of the molecule is CCN(CC)C(=O)N1CCN(C(=O)c2ccc3[nH]c(=O)oc3c2)CC1. The summed E-state index contributed by atoms with van der Waals surface area (Å²) >= 11 is 0. The normalized spacial score (nSPS) is 14.8. The minimum Gasteiger partial charge on any atom is -0.408 e. The number of rotatable bonds is 3. The number of carbonyl (C=O) groups excluding carboxylic acids is 2. The number of benzene rings is 1. The molecule has 3 amide bonds. The largest absolute Gasteiger partial charge is 0.417 e. The third-order valence-corrected chi connectivity index (χ3v) is 4.54. The number of hydrogen-bond donors (Lipinski definition) is 1. The van der Waals surface area contributed by atoms with Crippen molar-refractivity contribution in [2.45, 2.75) is 13.8 Å². The predicted molar refractivity (Wildman–Crippen MR) is 92.6 cm³/mol. The molecule has 25 heavy (non-hydrogen) atoms. The van der Waals surface area contributed by atoms with Crippen LogP contribution in [0.15, 0.2) is 27.4 Å². The molecule has 1 aliphatic heterocycles. The van der Waals surface area contributed by atoms with Crippen LogP contribution in [-0.2, 0) is 0 Å². The van der Waals surface area contributed by atoms with Crippen LogP contribution in [0.2, 0.25) is 0 Å². The quantitative estimate of drug-likeness (QED) is 0.908. The van der Waals surface area contributed by atoms with Crippen LogP contribution in [-0.4, -0.2) is 70.9 Å². The highest BCUT2D eigenvalue weighted by Gasteiger charge is 2.27. The van der Waals surface area contributed by atoms with Crippen LogP contribution in [0.3, 0.4) is 0 Å². The van der Waals surface area contributed by atoms with E-state index in [1.165, 1.54) is 0 Å². The number of aromatic nitrogens is 1. The van der Waals surface area contributed by atoms with E-state index in [0.29, 0.717) is 55.9 Å². The number of nitrogens with one attached hydrogen (secondary N) is 1. The topological polar surface area (TPSA) is 89.9 Å². The van der Waals surface area contributed by atoms with Crippen LogP contribution in [0.4, 0.5) is 4.79 Å². The van der Waals surface area contributed by atoms with Gasteiger partial charge in [-0.05, 0) is 32.0 Å². The number of piperazine rings is 1. The molecule has 1 aromatic heterocycles. The number of H-pyrrole nitrogens is 1. The van der Waals surface area contributed by atoms with Crippen LogP contribution in [0.5, 0.6) is 0 Å². The molecule has 0 aliphatic carbocycles. The summed E-state index contributed by atoms with van der Waals surface area (Å²) in [5, 5.41) is 0. The van der Waals surface area contributed by atoms with E-state index in [9.17, 15) is 14.4 Å². The van der Waals surface area contributed by atoms with Crippen LogP contribution >= 0.6 is 0 Å². The first-order valence-corrected chi connectivity index (χ1v) is 8.49. The number of fused-ring (bicyclic) bond motifs is 1. The molecule has 0 unspecified atom stereocenters. The number of nitrogens with zero attached hydrogens (tertiary/aromatic N) is 3. The van der Waals surface area contributed by atoms with E-state index in [4.69, 9.17) is 4.42 Å². The third-order valence-electron chi connectivity index (χ3n) is 4.54. The van der Waals surface area contributed by atoms with E-state index in [1.54, 1.807) is 32.9 Å². The average molecular weight is 346 g/mol. The molecule has 8 nitrogen and oxygen atoms in total. The van der Waals surface area contributed by atoms with Gasteiger partial charge in [0.1, 0.15) is 0 Å². The number of amides is 3. The van der Waals surface area contributed by atoms with Crippen LogP contribution in [0.1, 0.15) is 24.2 Å². The molecule has 1 N–H and O–H groups in total. The van der Waals surface area contributed by atoms with E-state index in [-0.39, 0.29) is 11.9 Å². The first-order valence-electron chi connectivity index (χ1n) is 8.49. The Morgan fingerprint density at radius 1 is 1.12 bits per heavy atom. The fourth-order valence-corrected chi connectivity index (χ4v) is 3.06. The molecule has 2 heterocycles. The second-order valence-electron chi connectivity index (χ2n) is 5.96. The van der Waals surface area contributed by atoms with Crippen molar-refractivity contribution in [3.8, 4) is 0 Å². The summed E-state index contributed by atoms with van der Waals surface area (Å²) in [6, 6.07) is 4.92. The minimum atomic E-state index is -0.539. The Kier molecular flexibility index (Phi) is 4.78. The van der Waals surface area contributed by atoms with Gasteiger partial charge >= 0.3 is 11.8 Å². The number of oxazole rings is 1. The van der Waals surface area contributed by atoms with Crippen molar-refractivity contribution in [1.82, 2.24) is 19.7 Å². The second-order valence-corrected chi connectivity index (χ2v) is 5.96. The highest BCUT2D eigenvalue weighted by Crippen LogP contribution is 2.15. The molecule has 0 atom stereocenters. The molecule has 1 aromatic carbocycles. The summed E-state index contributed by atoms with van der Waals surface area (Å²) in [5.41, 5.74) is 1.40. The minimum absolute atomic E-state index is 0.0209. The van der Waals surface area contributed by atoms with Crippen LogP contribution in [0.25, 0.3) is 11.1 Å². The van der Waals surface area contributed by atoms with Gasteiger partial charge in [-0.25, -0.2) is 9.59 Å². The van der Waals surface area contributed by atoms with Crippen molar-refractivity contribution in [2.24, 2.45) is 0 Å². The molecular formula is C17H22N4O4. The van der Waals surface area contributed by atoms with Crippen molar-refractivity contribution in [3.63, 3.8) is 0 Å². The Balaban J connectivity index is 1.66. The molecule has 1 fully saturated rings. The van der Waals surface area contributed by atoms with E-state index in [0.717, 1.165) is 0 Å². The van der Waals surface area contributed by atoms with Crippen molar-refractivity contribution in [2.75, 3.05) is 39.3 Å². The lowest BCUT2D eigenvalue weighted by molar-refractivity contribution is 0.0641. The van der Waals surface area contributed by atoms with Gasteiger partial charge < -0.3 is 19.1 Å². The molecule has 0 radical (unpaired) electrons. The van der Waals surface area contributed by atoms with Gasteiger partial charge in [0.05, 0.1) is 5.52 Å². The van der Waals surface area contributed by atoms with E-state index < -0.39 is 5.76 Å². The molecule has 2 aromatic rings. The summed E-state index contributed by atoms with van der Waals surface area (Å²) in [7, 11) is 0. The van der Waals surface area contributed by atoms with Gasteiger partial charge in [0.25, 0.3) is 5.91 Å². The molecule has 1 aliphatic rings. The summed E-state index contributed by atoms with van der Waals surface area (Å²) in [6.07, 6.45) is 0. The Morgan fingerprint density at radius 2 is 1.76 bits per heavy atom. The van der Waals surface area contributed by atoms with Crippen LogP contribution < -0.4 is 5.76 Å². The predicted octanol–water partition coefficient (Wildman–Crippen LogP) is 1.34. The zero-order valence-electron chi connectivity index (χ0n) is 14.4. The standard InChI is InChI=1S/C17H22N4O4/c1-3-19(4-2)17(24)21-9-7-20(8-10-21)15(22)12-5-6-13-14(11-12)25-16(23)18-13/h5-6,11H,3-4,7-10H2,1-2H3,(H,18,23). The summed E-state index contributed by atoms with van der Waals surface area (Å²) in [6.45, 7) is 7.27. The van der Waals surface area contributed by atoms with Gasteiger partial charge in [-0.2, -0.15) is 0 Å². The molecule has 0 bridgehead atoms. The Hall–Kier alpha value is -2.77. The van der Waals surface area contributed by atoms with Gasteiger partial charge in [-0.15, -0.1) is 0 Å². The number of carbonyl (C=O) groups is 2. The van der Waals surface area contributed by atoms with Gasteiger partial charge in [0.2, 0.25) is 0 Å². The molecule has 8 heteroatoms. The summed E-state index contributed by atoms with van der Waals surface area (Å²) in [5.74, 6) is -0.663. The Morgan fingerprint density at radius 3 is 2.40 bits per heavy atom. The zero-order chi connectivity index (χ0) is 18.0. The van der Waals surface area contributed by atoms with E-state index in [2.05, 4.69) is 4.98 Å². The number of urea groups is 1. The van der Waals surface area contributed by atoms with Crippen molar-refractivity contribution in [1.29, 1.82) is 0 Å². The lowest BCUT2D eigenvalue weighted by Gasteiger charge is -2.37. The van der Waals surface area contributed by atoms with Gasteiger partial charge in [0, 0.05) is 44.8 Å². The summed E-state index contributed by atoms with van der Waals surface area (Å²) < 4.78 is 5.01. The fraction of sp³-hybridized carbons (Fsp3) is 0.471. The maximum Gasteiger partial charge on any atom is 0.417 e. The third kappa shape index (κ3) is 3.38. The molecule has 3 rings (SSSR count). The van der Waals surface area contributed by atoms with Crippen molar-refractivity contribution < 1.29 is 14.0 Å². The number of aromatic amines is 1. The van der Waals surface area contributed by atoms with Crippen molar-refractivity contribution in [3.05, 3.63) is 34.3 Å². The van der Waals surface area contributed by atoms with Crippen LogP contribution in [0, 0.1) is 0 Å². The zero-order valence-corrected chi connectivity index (χ0v) is 14.4. The smallest absolute Gasteiger partial charge is 0.408 e. The molecule has 0 saturated carbocycles. The highest BCUT2D eigenvalue weighted by molar-refractivity contribution is 5.97. The van der Waals surface area contributed by atoms with Gasteiger partial charge in [-0.1, -0.05) is 0 Å². The lowest BCUT2D eigenvalue weighted by Crippen LogP contribution is -2.54. The average Bonchev–Trinajstić information content (AvgIpc) is 3.01. The van der Waals surface area contributed by atoms with Crippen molar-refractivity contribution >= 4 is 23.0 Å². The first kappa shape index (κ1) is 17.1. The monoisotopic (exact) mass is 346 g/mol. The fourth-order valence-electron chi connectivity index (χ4n) is 3.06. The van der Waals surface area contributed by atoms with E-state index in [1.807, 2.05) is 13.8 Å². The maximum atomic E-state index is 12.7.